The first-order chi connectivity index (χ1) is 12.9. The average molecular weight is 408 g/mol. The lowest BCUT2D eigenvalue weighted by Crippen LogP contribution is -2.19. The molecular formula is C15H12N4O6S2. The number of ether oxygens (including phenoxy) is 1. The normalized spacial score (nSPS) is 16.7. The number of hydrogen-bond acceptors (Lipinski definition) is 10. The molecule has 3 rings (SSSR count). The summed E-state index contributed by atoms with van der Waals surface area (Å²) in [6.07, 6.45) is 1.45. The van der Waals surface area contributed by atoms with Crippen LogP contribution in [0.15, 0.2) is 31.8 Å². The van der Waals surface area contributed by atoms with Crippen LogP contribution in [-0.4, -0.2) is 33.6 Å². The maximum absolute atomic E-state index is 12.0. The van der Waals surface area contributed by atoms with E-state index in [-0.39, 0.29) is 23.1 Å². The summed E-state index contributed by atoms with van der Waals surface area (Å²) in [4.78, 5) is 42.1. The lowest BCUT2D eigenvalue weighted by Gasteiger charge is -1.97. The molecule has 10 nitrogen and oxygen atoms in total. The zero-order valence-corrected chi connectivity index (χ0v) is 15.5. The zero-order chi connectivity index (χ0) is 19.4. The smallest absolute Gasteiger partial charge is 0.433 e. The number of esters is 1. The number of aromatic nitrogens is 1. The predicted octanol–water partition coefficient (Wildman–Crippen LogP) is 2.64. The van der Waals surface area contributed by atoms with Gasteiger partial charge in [-0.2, -0.15) is 4.99 Å². The van der Waals surface area contributed by atoms with E-state index >= 15 is 0 Å². The third kappa shape index (κ3) is 4.80. The third-order valence-corrected chi connectivity index (χ3v) is 4.78. The van der Waals surface area contributed by atoms with E-state index in [1.807, 2.05) is 0 Å². The Hall–Kier alpha value is -2.99. The van der Waals surface area contributed by atoms with Gasteiger partial charge < -0.3 is 14.5 Å². The van der Waals surface area contributed by atoms with Crippen LogP contribution in [-0.2, 0) is 20.7 Å². The van der Waals surface area contributed by atoms with Gasteiger partial charge in [-0.3, -0.25) is 19.7 Å². The Bertz CT molecular complexity index is 961. The minimum atomic E-state index is -0.660. The summed E-state index contributed by atoms with van der Waals surface area (Å²) in [5.41, 5.74) is 0.533. The van der Waals surface area contributed by atoms with Crippen LogP contribution in [0.25, 0.3) is 6.08 Å². The topological polar surface area (TPSA) is 137 Å². The number of carbonyl (C=O) groups is 2. The summed E-state index contributed by atoms with van der Waals surface area (Å²) < 4.78 is 9.87. The second kappa shape index (κ2) is 8.14. The largest absolute Gasteiger partial charge is 0.466 e. The van der Waals surface area contributed by atoms with Crippen LogP contribution in [0.5, 0.6) is 0 Å². The van der Waals surface area contributed by atoms with Gasteiger partial charge in [0.2, 0.25) is 5.13 Å². The lowest BCUT2D eigenvalue weighted by molar-refractivity contribution is -0.402. The van der Waals surface area contributed by atoms with Crippen LogP contribution in [0.4, 0.5) is 11.0 Å². The summed E-state index contributed by atoms with van der Waals surface area (Å²) in [7, 11) is 0. The molecule has 3 heterocycles. The molecule has 0 radical (unpaired) electrons. The van der Waals surface area contributed by atoms with Crippen LogP contribution in [0.2, 0.25) is 0 Å². The molecule has 12 heteroatoms. The highest BCUT2D eigenvalue weighted by molar-refractivity contribution is 8.18. The van der Waals surface area contributed by atoms with Crippen LogP contribution in [0.3, 0.4) is 0 Å². The van der Waals surface area contributed by atoms with Crippen molar-refractivity contribution in [3.8, 4) is 0 Å². The third-order valence-electron chi connectivity index (χ3n) is 3.08. The van der Waals surface area contributed by atoms with Crippen molar-refractivity contribution in [3.63, 3.8) is 0 Å². The SMILES string of the molecule is CCOC(=O)Cc1csc(/N=C2/NC(=O)/C(=C\c3ccc([N+](=O)[O-])o3)S2)n1. The van der Waals surface area contributed by atoms with Gasteiger partial charge in [0.1, 0.15) is 10.7 Å². The molecule has 1 N–H and O–H groups in total. The van der Waals surface area contributed by atoms with E-state index in [1.54, 1.807) is 12.3 Å². The Balaban J connectivity index is 1.69. The number of carbonyl (C=O) groups excluding carboxylic acids is 2. The first-order valence-corrected chi connectivity index (χ1v) is 9.28. The van der Waals surface area contributed by atoms with Crippen molar-refractivity contribution in [1.29, 1.82) is 0 Å². The molecule has 0 bridgehead atoms. The van der Waals surface area contributed by atoms with E-state index in [4.69, 9.17) is 9.15 Å². The maximum atomic E-state index is 12.0. The molecule has 0 unspecified atom stereocenters. The minimum absolute atomic E-state index is 0.0527. The molecule has 0 aliphatic carbocycles. The van der Waals surface area contributed by atoms with E-state index < -0.39 is 16.7 Å². The van der Waals surface area contributed by atoms with E-state index in [1.165, 1.54) is 29.5 Å². The molecule has 0 aromatic carbocycles. The molecule has 0 atom stereocenters. The number of thiazole rings is 1. The molecule has 0 spiro atoms. The van der Waals surface area contributed by atoms with Gasteiger partial charge >= 0.3 is 11.9 Å². The zero-order valence-electron chi connectivity index (χ0n) is 13.8. The summed E-state index contributed by atoms with van der Waals surface area (Å²) in [5.74, 6) is -0.993. The van der Waals surface area contributed by atoms with Gasteiger partial charge in [-0.15, -0.1) is 11.3 Å². The number of amidine groups is 1. The van der Waals surface area contributed by atoms with Crippen molar-refractivity contribution in [2.24, 2.45) is 4.99 Å². The molecule has 2 aromatic rings. The number of aliphatic imine (C=N–C) groups is 1. The molecule has 27 heavy (non-hydrogen) atoms. The first kappa shape index (κ1) is 18.8. The fourth-order valence-corrected chi connectivity index (χ4v) is 3.56. The summed E-state index contributed by atoms with van der Waals surface area (Å²) in [6, 6.07) is 2.61. The molecule has 1 aliphatic heterocycles. The van der Waals surface area contributed by atoms with Crippen LogP contribution in [0.1, 0.15) is 18.4 Å². The van der Waals surface area contributed by atoms with E-state index in [0.29, 0.717) is 22.6 Å². The lowest BCUT2D eigenvalue weighted by atomic mass is 10.3. The van der Waals surface area contributed by atoms with Crippen molar-refractivity contribution >= 4 is 57.2 Å². The van der Waals surface area contributed by atoms with Crippen LogP contribution in [0, 0.1) is 10.1 Å². The molecule has 2 aromatic heterocycles. The quantitative estimate of drug-likeness (QED) is 0.333. The highest BCUT2D eigenvalue weighted by atomic mass is 32.2. The van der Waals surface area contributed by atoms with Crippen molar-refractivity contribution < 1.29 is 23.7 Å². The molecule has 140 valence electrons. The van der Waals surface area contributed by atoms with Gasteiger partial charge in [0.15, 0.2) is 5.17 Å². The molecular weight excluding hydrogens is 396 g/mol. The van der Waals surface area contributed by atoms with E-state index in [0.717, 1.165) is 11.8 Å². The summed E-state index contributed by atoms with van der Waals surface area (Å²) in [6.45, 7) is 2.02. The Labute approximate surface area is 160 Å². The first-order valence-electron chi connectivity index (χ1n) is 7.58. The van der Waals surface area contributed by atoms with Crippen molar-refractivity contribution in [2.45, 2.75) is 13.3 Å². The number of nitrogens with one attached hydrogen (secondary N) is 1. The summed E-state index contributed by atoms with van der Waals surface area (Å²) in [5, 5.41) is 15.6. The van der Waals surface area contributed by atoms with Crippen molar-refractivity contribution in [3.05, 3.63) is 44.0 Å². The number of furan rings is 1. The monoisotopic (exact) mass is 408 g/mol. The molecule has 1 saturated heterocycles. The van der Waals surface area contributed by atoms with Crippen LogP contribution < -0.4 is 5.32 Å². The van der Waals surface area contributed by atoms with Crippen molar-refractivity contribution in [2.75, 3.05) is 6.61 Å². The van der Waals surface area contributed by atoms with Gasteiger partial charge in [-0.25, -0.2) is 4.98 Å². The number of amides is 1. The van der Waals surface area contributed by atoms with E-state index in [2.05, 4.69) is 15.3 Å². The molecule has 1 aliphatic rings. The van der Waals surface area contributed by atoms with Gasteiger partial charge in [-0.1, -0.05) is 0 Å². The second-order valence-electron chi connectivity index (χ2n) is 5.02. The Morgan fingerprint density at radius 3 is 3.04 bits per heavy atom. The van der Waals surface area contributed by atoms with Crippen molar-refractivity contribution in [1.82, 2.24) is 10.3 Å². The number of nitro groups is 1. The maximum Gasteiger partial charge on any atom is 0.433 e. The van der Waals surface area contributed by atoms with Gasteiger partial charge in [0.05, 0.1) is 29.7 Å². The number of nitrogens with zero attached hydrogens (tertiary/aromatic N) is 3. The molecule has 1 fully saturated rings. The highest BCUT2D eigenvalue weighted by Crippen LogP contribution is 2.30. The van der Waals surface area contributed by atoms with Crippen LogP contribution >= 0.6 is 23.1 Å². The van der Waals surface area contributed by atoms with Gasteiger partial charge in [0.25, 0.3) is 5.91 Å². The Kier molecular flexibility index (Phi) is 5.66. The van der Waals surface area contributed by atoms with E-state index in [9.17, 15) is 19.7 Å². The van der Waals surface area contributed by atoms with Gasteiger partial charge in [-0.05, 0) is 24.8 Å². The minimum Gasteiger partial charge on any atom is -0.466 e. The predicted molar refractivity (Wildman–Crippen MR) is 98.6 cm³/mol. The summed E-state index contributed by atoms with van der Waals surface area (Å²) >= 11 is 2.28. The highest BCUT2D eigenvalue weighted by Gasteiger charge is 2.25. The second-order valence-corrected chi connectivity index (χ2v) is 6.89. The number of hydrogen-bond donors (Lipinski definition) is 1. The number of thioether (sulfide) groups is 1. The standard InChI is InChI=1S/C15H12N4O6S2/c1-2-24-12(20)5-8-7-26-14(16-8)18-15-17-13(21)10(27-15)6-9-3-4-11(25-9)19(22)23/h3-4,6-7H,2,5H2,1H3,(H,16,17,18,21)/b10-6+. The Morgan fingerprint density at radius 2 is 2.33 bits per heavy atom. The number of rotatable bonds is 6. The fourth-order valence-electron chi connectivity index (χ4n) is 2.00. The molecule has 0 saturated carbocycles. The average Bonchev–Trinajstić information content (AvgIpc) is 3.31. The molecule has 1 amide bonds. The van der Waals surface area contributed by atoms with Gasteiger partial charge in [0, 0.05) is 11.5 Å². The fraction of sp³-hybridized carbons (Fsp3) is 0.200. The Morgan fingerprint density at radius 1 is 1.52 bits per heavy atom.